The largest absolute Gasteiger partial charge is 0.444 e. The zero-order valence-corrected chi connectivity index (χ0v) is 24.3. The smallest absolute Gasteiger partial charge is 0.410 e. The number of hydrogen-bond acceptors (Lipinski definition) is 10. The third-order valence-electron chi connectivity index (χ3n) is 6.31. The van der Waals surface area contributed by atoms with Gasteiger partial charge in [0.2, 0.25) is 0 Å². The second kappa shape index (κ2) is 12.1. The molecule has 2 aliphatic heterocycles. The fraction of sp³-hybridized carbons (Fsp3) is 0.571. The molecule has 2 aromatic heterocycles. The first-order valence-electron chi connectivity index (χ1n) is 13.7. The lowest BCUT2D eigenvalue weighted by Gasteiger charge is -2.36. The van der Waals surface area contributed by atoms with E-state index in [1.807, 2.05) is 65.8 Å². The number of anilines is 2. The monoisotopic (exact) mass is 552 g/mol. The molecule has 0 spiro atoms. The van der Waals surface area contributed by atoms with Gasteiger partial charge in [-0.1, -0.05) is 0 Å². The summed E-state index contributed by atoms with van der Waals surface area (Å²) in [6, 6.07) is 7.55. The van der Waals surface area contributed by atoms with Crippen LogP contribution in [0.25, 0.3) is 0 Å². The maximum atomic E-state index is 12.3. The summed E-state index contributed by atoms with van der Waals surface area (Å²) in [5.41, 5.74) is 0.940. The van der Waals surface area contributed by atoms with Crippen LogP contribution in [0.3, 0.4) is 0 Å². The molecule has 216 valence electrons. The summed E-state index contributed by atoms with van der Waals surface area (Å²) in [5, 5.41) is 8.45. The van der Waals surface area contributed by atoms with Gasteiger partial charge in [0.05, 0.1) is 23.8 Å². The van der Waals surface area contributed by atoms with Crippen molar-refractivity contribution in [2.24, 2.45) is 10.2 Å². The molecule has 0 bridgehead atoms. The summed E-state index contributed by atoms with van der Waals surface area (Å²) in [5.74, 6) is 0.973. The summed E-state index contributed by atoms with van der Waals surface area (Å²) in [7, 11) is 0. The Morgan fingerprint density at radius 3 is 1.25 bits per heavy atom. The van der Waals surface area contributed by atoms with Crippen molar-refractivity contribution in [2.45, 2.75) is 52.7 Å². The first-order valence-corrected chi connectivity index (χ1v) is 13.7. The molecule has 4 heterocycles. The molecule has 12 nitrogen and oxygen atoms in total. The summed E-state index contributed by atoms with van der Waals surface area (Å²) in [6.07, 6.45) is 2.99. The molecule has 0 N–H and O–H groups in total. The summed E-state index contributed by atoms with van der Waals surface area (Å²) < 4.78 is 10.9. The minimum atomic E-state index is -0.499. The topological polar surface area (TPSA) is 116 Å². The van der Waals surface area contributed by atoms with E-state index in [1.54, 1.807) is 22.2 Å². The number of azo groups is 1. The van der Waals surface area contributed by atoms with Crippen LogP contribution in [0.4, 0.5) is 32.6 Å². The molecule has 0 saturated carbocycles. The van der Waals surface area contributed by atoms with Crippen LogP contribution in [0, 0.1) is 0 Å². The average molecular weight is 553 g/mol. The van der Waals surface area contributed by atoms with Crippen LogP contribution in [0.5, 0.6) is 0 Å². The average Bonchev–Trinajstić information content (AvgIpc) is 2.91. The molecule has 2 saturated heterocycles. The van der Waals surface area contributed by atoms with Crippen LogP contribution in [0.15, 0.2) is 46.9 Å². The number of pyridine rings is 2. The van der Waals surface area contributed by atoms with Gasteiger partial charge >= 0.3 is 12.2 Å². The van der Waals surface area contributed by atoms with Gasteiger partial charge in [0.25, 0.3) is 0 Å². The molecule has 40 heavy (non-hydrogen) atoms. The maximum Gasteiger partial charge on any atom is 0.410 e. The molecule has 12 heteroatoms. The zero-order valence-electron chi connectivity index (χ0n) is 24.3. The van der Waals surface area contributed by atoms with Gasteiger partial charge in [-0.05, 0) is 65.8 Å². The molecule has 2 fully saturated rings. The highest BCUT2D eigenvalue weighted by molar-refractivity contribution is 5.69. The maximum absolute atomic E-state index is 12.3. The van der Waals surface area contributed by atoms with Gasteiger partial charge in [-0.15, -0.1) is 10.2 Å². The number of amides is 2. The van der Waals surface area contributed by atoms with E-state index in [1.165, 1.54) is 0 Å². The Kier molecular flexibility index (Phi) is 8.75. The standard InChI is InChI=1S/C28H40N8O4/c1-27(2,3)39-25(37)35-15-11-33(12-16-35)21-7-9-23(29-19-21)31-32-24-10-8-22(20-30-24)34-13-17-36(18-14-34)26(38)40-28(4,5)6/h7-10,19-20H,11-18H2,1-6H3. The summed E-state index contributed by atoms with van der Waals surface area (Å²) in [6.45, 7) is 16.4. The number of nitrogens with zero attached hydrogens (tertiary/aromatic N) is 8. The first-order chi connectivity index (χ1) is 18.9. The number of carbonyl (C=O) groups is 2. The van der Waals surface area contributed by atoms with Gasteiger partial charge in [-0.3, -0.25) is 0 Å². The second-order valence-corrected chi connectivity index (χ2v) is 11.9. The van der Waals surface area contributed by atoms with E-state index >= 15 is 0 Å². The Hall–Kier alpha value is -3.96. The van der Waals surface area contributed by atoms with Gasteiger partial charge in [-0.2, -0.15) is 0 Å². The lowest BCUT2D eigenvalue weighted by molar-refractivity contribution is 0.0230. The van der Waals surface area contributed by atoms with Gasteiger partial charge in [-0.25, -0.2) is 19.6 Å². The normalized spacial score (nSPS) is 16.9. The van der Waals surface area contributed by atoms with Gasteiger partial charge in [0, 0.05) is 52.4 Å². The third kappa shape index (κ3) is 8.27. The Morgan fingerprint density at radius 2 is 0.975 bits per heavy atom. The number of ether oxygens (including phenoxy) is 2. The molecule has 2 amide bonds. The van der Waals surface area contributed by atoms with E-state index in [0.29, 0.717) is 64.0 Å². The number of rotatable bonds is 4. The van der Waals surface area contributed by atoms with Crippen LogP contribution in [0.1, 0.15) is 41.5 Å². The predicted molar refractivity (Wildman–Crippen MR) is 153 cm³/mol. The lowest BCUT2D eigenvalue weighted by Crippen LogP contribution is -2.50. The van der Waals surface area contributed by atoms with Crippen molar-refractivity contribution in [3.05, 3.63) is 36.7 Å². The molecule has 0 radical (unpaired) electrons. The predicted octanol–water partition coefficient (Wildman–Crippen LogP) is 5.01. The van der Waals surface area contributed by atoms with Gasteiger partial charge < -0.3 is 29.1 Å². The molecule has 0 atom stereocenters. The van der Waals surface area contributed by atoms with Crippen molar-refractivity contribution in [1.82, 2.24) is 19.8 Å². The fourth-order valence-electron chi connectivity index (χ4n) is 4.30. The van der Waals surface area contributed by atoms with E-state index in [2.05, 4.69) is 30.0 Å². The third-order valence-corrected chi connectivity index (χ3v) is 6.31. The highest BCUT2D eigenvalue weighted by atomic mass is 16.6. The zero-order chi connectivity index (χ0) is 28.9. The molecular weight excluding hydrogens is 512 g/mol. The highest BCUT2D eigenvalue weighted by Crippen LogP contribution is 2.23. The van der Waals surface area contributed by atoms with Crippen molar-refractivity contribution in [3.8, 4) is 0 Å². The molecule has 4 rings (SSSR count). The Morgan fingerprint density at radius 1 is 0.625 bits per heavy atom. The number of aromatic nitrogens is 2. The van der Waals surface area contributed by atoms with Crippen molar-refractivity contribution in [1.29, 1.82) is 0 Å². The lowest BCUT2D eigenvalue weighted by atomic mass is 10.2. The highest BCUT2D eigenvalue weighted by Gasteiger charge is 2.27. The molecular formula is C28H40N8O4. The van der Waals surface area contributed by atoms with Crippen LogP contribution in [0.2, 0.25) is 0 Å². The molecule has 0 unspecified atom stereocenters. The minimum absolute atomic E-state index is 0.275. The Bertz CT molecular complexity index is 1080. The van der Waals surface area contributed by atoms with E-state index in [9.17, 15) is 9.59 Å². The van der Waals surface area contributed by atoms with Gasteiger partial charge in [0.15, 0.2) is 11.6 Å². The SMILES string of the molecule is CC(C)(C)OC(=O)N1CCN(c2ccc(N=Nc3ccc(N4CCN(C(=O)OC(C)(C)C)CC4)cn3)nc2)CC1. The van der Waals surface area contributed by atoms with Crippen LogP contribution in [-0.2, 0) is 9.47 Å². The van der Waals surface area contributed by atoms with Crippen molar-refractivity contribution in [2.75, 3.05) is 62.2 Å². The fourth-order valence-corrected chi connectivity index (χ4v) is 4.30. The first kappa shape index (κ1) is 29.0. The summed E-state index contributed by atoms with van der Waals surface area (Å²) in [4.78, 5) is 41.3. The molecule has 0 aromatic carbocycles. The van der Waals surface area contributed by atoms with Crippen LogP contribution >= 0.6 is 0 Å². The van der Waals surface area contributed by atoms with Crippen LogP contribution in [-0.4, -0.2) is 95.5 Å². The Labute approximate surface area is 236 Å². The van der Waals surface area contributed by atoms with Gasteiger partial charge in [0.1, 0.15) is 11.2 Å². The van der Waals surface area contributed by atoms with Crippen molar-refractivity contribution < 1.29 is 19.1 Å². The Balaban J connectivity index is 1.24. The van der Waals surface area contributed by atoms with Crippen molar-refractivity contribution in [3.63, 3.8) is 0 Å². The minimum Gasteiger partial charge on any atom is -0.444 e. The molecule has 0 aliphatic carbocycles. The van der Waals surface area contributed by atoms with Crippen LogP contribution < -0.4 is 9.80 Å². The molecule has 2 aromatic rings. The van der Waals surface area contributed by atoms with E-state index in [-0.39, 0.29) is 12.2 Å². The number of piperazine rings is 2. The number of carbonyl (C=O) groups excluding carboxylic acids is 2. The molecule has 2 aliphatic rings. The summed E-state index contributed by atoms with van der Waals surface area (Å²) >= 11 is 0. The second-order valence-electron chi connectivity index (χ2n) is 11.9. The van der Waals surface area contributed by atoms with E-state index in [4.69, 9.17) is 9.47 Å². The number of hydrogen-bond donors (Lipinski definition) is 0. The van der Waals surface area contributed by atoms with E-state index < -0.39 is 11.2 Å². The van der Waals surface area contributed by atoms with Crippen molar-refractivity contribution >= 4 is 35.2 Å². The van der Waals surface area contributed by atoms with E-state index in [0.717, 1.165) is 11.4 Å². The quantitative estimate of drug-likeness (QED) is 0.486.